The summed E-state index contributed by atoms with van der Waals surface area (Å²) in [5, 5.41) is 8.77. The first-order chi connectivity index (χ1) is 10.1. The molecule has 2 amide bonds. The molecule has 1 N–H and O–H groups in total. The predicted molar refractivity (Wildman–Crippen MR) is 78.9 cm³/mol. The van der Waals surface area contributed by atoms with Crippen LogP contribution in [0.3, 0.4) is 0 Å². The molecule has 0 aliphatic carbocycles. The highest BCUT2D eigenvalue weighted by atomic mass is 16.2. The van der Waals surface area contributed by atoms with E-state index < -0.39 is 0 Å². The zero-order chi connectivity index (χ0) is 15.4. The van der Waals surface area contributed by atoms with E-state index in [-0.39, 0.29) is 36.8 Å². The maximum atomic E-state index is 12.1. The van der Waals surface area contributed by atoms with E-state index in [1.165, 1.54) is 4.90 Å². The predicted octanol–water partition coefficient (Wildman–Crippen LogP) is 1.56. The van der Waals surface area contributed by atoms with E-state index in [0.29, 0.717) is 6.42 Å². The first kappa shape index (κ1) is 15.3. The third kappa shape index (κ3) is 3.14. The summed E-state index contributed by atoms with van der Waals surface area (Å²) >= 11 is 0. The minimum atomic E-state index is -0.259. The second-order valence-corrected chi connectivity index (χ2v) is 5.27. The van der Waals surface area contributed by atoms with Crippen LogP contribution in [0.1, 0.15) is 31.4 Å². The maximum Gasteiger partial charge on any atom is 0.233 e. The minimum absolute atomic E-state index is 0.0211. The number of likely N-dealkylation sites (tertiary alicyclic amines) is 1. The van der Waals surface area contributed by atoms with Gasteiger partial charge in [-0.15, -0.1) is 0 Å². The number of carbonyl (C=O) groups is 2. The lowest BCUT2D eigenvalue weighted by molar-refractivity contribution is -0.140. The number of hydrogen-bond donors (Lipinski definition) is 1. The Balaban J connectivity index is 2.23. The Bertz CT molecular complexity index is 592. The van der Waals surface area contributed by atoms with Crippen molar-refractivity contribution in [2.45, 2.75) is 26.8 Å². The first-order valence-corrected chi connectivity index (χ1v) is 7.09. The molecule has 1 aromatic rings. The second kappa shape index (κ2) is 6.55. The summed E-state index contributed by atoms with van der Waals surface area (Å²) in [6.07, 6.45) is 0.407. The SMILES string of the molecule is CC1C(=O)N(Cc2ccccc2C#CCCO)C(=O)C1C. The fourth-order valence-corrected chi connectivity index (χ4v) is 2.35. The second-order valence-electron chi connectivity index (χ2n) is 5.27. The third-order valence-electron chi connectivity index (χ3n) is 3.87. The van der Waals surface area contributed by atoms with Crippen molar-refractivity contribution < 1.29 is 14.7 Å². The Hall–Kier alpha value is -2.12. The van der Waals surface area contributed by atoms with E-state index in [4.69, 9.17) is 5.11 Å². The average Bonchev–Trinajstić information content (AvgIpc) is 2.67. The van der Waals surface area contributed by atoms with Crippen molar-refractivity contribution >= 4 is 11.8 Å². The van der Waals surface area contributed by atoms with Gasteiger partial charge in [-0.2, -0.15) is 0 Å². The smallest absolute Gasteiger partial charge is 0.233 e. The van der Waals surface area contributed by atoms with Crippen LogP contribution in [0, 0.1) is 23.7 Å². The molecule has 1 heterocycles. The minimum Gasteiger partial charge on any atom is -0.395 e. The molecule has 21 heavy (non-hydrogen) atoms. The van der Waals surface area contributed by atoms with Crippen LogP contribution in [0.4, 0.5) is 0 Å². The van der Waals surface area contributed by atoms with Crippen molar-refractivity contribution in [2.75, 3.05) is 6.61 Å². The number of hydrogen-bond acceptors (Lipinski definition) is 3. The van der Waals surface area contributed by atoms with Gasteiger partial charge in [0.05, 0.1) is 13.2 Å². The summed E-state index contributed by atoms with van der Waals surface area (Å²) in [6.45, 7) is 3.86. The largest absolute Gasteiger partial charge is 0.395 e. The summed E-state index contributed by atoms with van der Waals surface area (Å²) in [5.41, 5.74) is 1.64. The third-order valence-corrected chi connectivity index (χ3v) is 3.87. The highest BCUT2D eigenvalue weighted by Gasteiger charge is 2.42. The fraction of sp³-hybridized carbons (Fsp3) is 0.412. The molecule has 2 unspecified atom stereocenters. The molecular formula is C17H19NO3. The van der Waals surface area contributed by atoms with Crippen molar-refractivity contribution in [2.24, 2.45) is 11.8 Å². The number of benzene rings is 1. The molecule has 0 aromatic heterocycles. The number of nitrogens with zero attached hydrogens (tertiary/aromatic N) is 1. The van der Waals surface area contributed by atoms with Gasteiger partial charge < -0.3 is 5.11 Å². The Labute approximate surface area is 124 Å². The number of imide groups is 1. The van der Waals surface area contributed by atoms with Crippen LogP contribution in [-0.2, 0) is 16.1 Å². The van der Waals surface area contributed by atoms with Crippen molar-refractivity contribution in [3.8, 4) is 11.8 Å². The van der Waals surface area contributed by atoms with Crippen LogP contribution < -0.4 is 0 Å². The quantitative estimate of drug-likeness (QED) is 0.677. The normalized spacial score (nSPS) is 21.4. The van der Waals surface area contributed by atoms with Gasteiger partial charge >= 0.3 is 0 Å². The van der Waals surface area contributed by atoms with E-state index in [1.54, 1.807) is 13.8 Å². The van der Waals surface area contributed by atoms with Crippen LogP contribution >= 0.6 is 0 Å². The van der Waals surface area contributed by atoms with Gasteiger partial charge in [-0.3, -0.25) is 14.5 Å². The number of amides is 2. The Morgan fingerprint density at radius 2 is 1.76 bits per heavy atom. The summed E-state index contributed by atoms with van der Waals surface area (Å²) in [5.74, 6) is 5.09. The standard InChI is InChI=1S/C17H19NO3/c1-12-13(2)17(21)18(16(12)20)11-15-9-4-3-7-14(15)8-5-6-10-19/h3-4,7,9,12-13,19H,6,10-11H2,1-2H3. The molecule has 1 aromatic carbocycles. The van der Waals surface area contributed by atoms with Crippen molar-refractivity contribution in [3.63, 3.8) is 0 Å². The molecule has 0 spiro atoms. The summed E-state index contributed by atoms with van der Waals surface area (Å²) < 4.78 is 0. The van der Waals surface area contributed by atoms with Gasteiger partial charge in [0, 0.05) is 23.8 Å². The van der Waals surface area contributed by atoms with Gasteiger partial charge in [-0.25, -0.2) is 0 Å². The highest BCUT2D eigenvalue weighted by molar-refractivity contribution is 6.04. The van der Waals surface area contributed by atoms with Crippen LogP contribution in [-0.4, -0.2) is 28.4 Å². The number of aliphatic hydroxyl groups excluding tert-OH is 1. The summed E-state index contributed by atoms with van der Waals surface area (Å²) in [7, 11) is 0. The molecule has 4 heteroatoms. The van der Waals surface area contributed by atoms with E-state index >= 15 is 0 Å². The molecule has 4 nitrogen and oxygen atoms in total. The number of aliphatic hydroxyl groups is 1. The van der Waals surface area contributed by atoms with Gasteiger partial charge in [-0.05, 0) is 11.6 Å². The van der Waals surface area contributed by atoms with Crippen molar-refractivity contribution in [1.82, 2.24) is 4.90 Å². The molecule has 2 atom stereocenters. The zero-order valence-electron chi connectivity index (χ0n) is 12.3. The molecule has 0 saturated carbocycles. The van der Waals surface area contributed by atoms with E-state index in [9.17, 15) is 9.59 Å². The Morgan fingerprint density at radius 3 is 2.38 bits per heavy atom. The fourth-order valence-electron chi connectivity index (χ4n) is 2.35. The molecule has 0 bridgehead atoms. The van der Waals surface area contributed by atoms with E-state index in [0.717, 1.165) is 11.1 Å². The van der Waals surface area contributed by atoms with Crippen LogP contribution in [0.2, 0.25) is 0 Å². The molecule has 1 aliphatic heterocycles. The Kier molecular flexibility index (Phi) is 4.77. The van der Waals surface area contributed by atoms with Gasteiger partial charge in [0.15, 0.2) is 0 Å². The lowest BCUT2D eigenvalue weighted by Gasteiger charge is -2.15. The molecule has 1 saturated heterocycles. The van der Waals surface area contributed by atoms with Crippen LogP contribution in [0.5, 0.6) is 0 Å². The number of rotatable bonds is 3. The molecule has 1 fully saturated rings. The first-order valence-electron chi connectivity index (χ1n) is 7.09. The van der Waals surface area contributed by atoms with E-state index in [1.807, 2.05) is 24.3 Å². The number of carbonyl (C=O) groups excluding carboxylic acids is 2. The maximum absolute atomic E-state index is 12.1. The van der Waals surface area contributed by atoms with Crippen molar-refractivity contribution in [1.29, 1.82) is 0 Å². The van der Waals surface area contributed by atoms with Crippen LogP contribution in [0.15, 0.2) is 24.3 Å². The van der Waals surface area contributed by atoms with Gasteiger partial charge in [0.1, 0.15) is 0 Å². The van der Waals surface area contributed by atoms with Gasteiger partial charge in [0.2, 0.25) is 11.8 Å². The molecule has 0 radical (unpaired) electrons. The van der Waals surface area contributed by atoms with E-state index in [2.05, 4.69) is 11.8 Å². The van der Waals surface area contributed by atoms with Crippen LogP contribution in [0.25, 0.3) is 0 Å². The van der Waals surface area contributed by atoms with Gasteiger partial charge in [-0.1, -0.05) is 43.9 Å². The lowest BCUT2D eigenvalue weighted by atomic mass is 10.00. The topological polar surface area (TPSA) is 57.6 Å². The molecule has 1 aliphatic rings. The average molecular weight is 285 g/mol. The van der Waals surface area contributed by atoms with Gasteiger partial charge in [0.25, 0.3) is 0 Å². The zero-order valence-corrected chi connectivity index (χ0v) is 12.3. The highest BCUT2D eigenvalue weighted by Crippen LogP contribution is 2.27. The monoisotopic (exact) mass is 285 g/mol. The lowest BCUT2D eigenvalue weighted by Crippen LogP contribution is -2.30. The van der Waals surface area contributed by atoms with Crippen molar-refractivity contribution in [3.05, 3.63) is 35.4 Å². The molecular weight excluding hydrogens is 266 g/mol. The Morgan fingerprint density at radius 1 is 1.14 bits per heavy atom. The molecule has 2 rings (SSSR count). The summed E-state index contributed by atoms with van der Waals surface area (Å²) in [6, 6.07) is 7.46. The summed E-state index contributed by atoms with van der Waals surface area (Å²) in [4.78, 5) is 25.6. The molecule has 110 valence electrons.